The molecule has 2 amide bonds. The van der Waals surface area contributed by atoms with Gasteiger partial charge in [-0.1, -0.05) is 72.3 Å². The number of aryl methyl sites for hydroxylation is 1. The van der Waals surface area contributed by atoms with Gasteiger partial charge in [0.25, 0.3) is 11.8 Å². The van der Waals surface area contributed by atoms with Crippen LogP contribution in [0.25, 0.3) is 16.3 Å². The van der Waals surface area contributed by atoms with Crippen molar-refractivity contribution in [3.05, 3.63) is 106 Å². The van der Waals surface area contributed by atoms with Crippen molar-refractivity contribution < 1.29 is 9.59 Å². The average molecular weight is 425 g/mol. The zero-order chi connectivity index (χ0) is 21.4. The second kappa shape index (κ2) is 7.85. The molecule has 4 aromatic rings. The maximum Gasteiger partial charge on any atom is 0.278 e. The first kappa shape index (κ1) is 19.3. The Morgan fingerprint density at radius 1 is 0.839 bits per heavy atom. The molecule has 1 aliphatic rings. The van der Waals surface area contributed by atoms with Crippen LogP contribution in [0.1, 0.15) is 16.0 Å². The van der Waals surface area contributed by atoms with Crippen molar-refractivity contribution >= 4 is 45.2 Å². The van der Waals surface area contributed by atoms with Crippen molar-refractivity contribution in [2.45, 2.75) is 13.5 Å². The Hall–Kier alpha value is -3.70. The van der Waals surface area contributed by atoms with E-state index in [4.69, 9.17) is 0 Å². The van der Waals surface area contributed by atoms with E-state index < -0.39 is 0 Å². The second-order valence-electron chi connectivity index (χ2n) is 7.56. The summed E-state index contributed by atoms with van der Waals surface area (Å²) in [5.74, 6) is -0.572. The number of rotatable bonds is 5. The number of hydrogen-bond donors (Lipinski definition) is 1. The van der Waals surface area contributed by atoms with E-state index in [9.17, 15) is 9.59 Å². The van der Waals surface area contributed by atoms with Crippen molar-refractivity contribution in [3.63, 3.8) is 0 Å². The van der Waals surface area contributed by atoms with Crippen LogP contribution < -0.4 is 5.32 Å². The number of imide groups is 1. The highest BCUT2D eigenvalue weighted by Crippen LogP contribution is 2.35. The van der Waals surface area contributed by atoms with Gasteiger partial charge in [0, 0.05) is 16.0 Å². The van der Waals surface area contributed by atoms with Gasteiger partial charge in [-0.05, 0) is 35.4 Å². The fourth-order valence-corrected chi connectivity index (χ4v) is 4.60. The summed E-state index contributed by atoms with van der Waals surface area (Å²) in [6.07, 6.45) is 0. The summed E-state index contributed by atoms with van der Waals surface area (Å²) in [6.45, 7) is 2.26. The fraction of sp³-hybridized carbons (Fsp3) is 0.0769. The first-order valence-corrected chi connectivity index (χ1v) is 10.9. The lowest BCUT2D eigenvalue weighted by atomic mass is 10.1. The van der Waals surface area contributed by atoms with Crippen LogP contribution in [-0.2, 0) is 16.1 Å². The van der Waals surface area contributed by atoms with Crippen molar-refractivity contribution in [3.8, 4) is 0 Å². The SMILES string of the molecule is Cc1ccc(CN2C(=O)C(Nc3cccc4ccccc34)=C(c3cccs3)C2=O)cc1. The van der Waals surface area contributed by atoms with E-state index in [0.717, 1.165) is 32.5 Å². The molecule has 2 heterocycles. The van der Waals surface area contributed by atoms with Crippen molar-refractivity contribution in [1.29, 1.82) is 0 Å². The molecule has 0 bridgehead atoms. The van der Waals surface area contributed by atoms with Gasteiger partial charge in [-0.15, -0.1) is 11.3 Å². The maximum absolute atomic E-state index is 13.4. The summed E-state index contributed by atoms with van der Waals surface area (Å²) in [5.41, 5.74) is 3.62. The van der Waals surface area contributed by atoms with E-state index in [1.165, 1.54) is 16.2 Å². The molecule has 1 aliphatic heterocycles. The van der Waals surface area contributed by atoms with Crippen LogP contribution in [0.4, 0.5) is 5.69 Å². The Bertz CT molecular complexity index is 1320. The molecule has 5 rings (SSSR count). The van der Waals surface area contributed by atoms with Crippen LogP contribution in [0.3, 0.4) is 0 Å². The summed E-state index contributed by atoms with van der Waals surface area (Å²) in [4.78, 5) is 28.9. The standard InChI is InChI=1S/C26H20N2O2S/c1-17-11-13-18(14-12-17)16-28-25(29)23(22-10-5-15-31-22)24(26(28)30)27-21-9-4-7-19-6-2-3-8-20(19)21/h2-15,27H,16H2,1H3. The third kappa shape index (κ3) is 3.53. The van der Waals surface area contributed by atoms with Gasteiger partial charge >= 0.3 is 0 Å². The van der Waals surface area contributed by atoms with Gasteiger partial charge in [0.05, 0.1) is 12.1 Å². The molecule has 1 aromatic heterocycles. The zero-order valence-corrected chi connectivity index (χ0v) is 17.8. The number of nitrogens with one attached hydrogen (secondary N) is 1. The lowest BCUT2D eigenvalue weighted by molar-refractivity contribution is -0.137. The predicted octanol–water partition coefficient (Wildman–Crippen LogP) is 5.60. The molecule has 3 aromatic carbocycles. The topological polar surface area (TPSA) is 49.4 Å². The molecule has 5 heteroatoms. The number of anilines is 1. The molecule has 0 spiro atoms. The van der Waals surface area contributed by atoms with Crippen LogP contribution in [0, 0.1) is 6.92 Å². The minimum Gasteiger partial charge on any atom is -0.350 e. The molecule has 0 saturated heterocycles. The first-order valence-electron chi connectivity index (χ1n) is 10.1. The zero-order valence-electron chi connectivity index (χ0n) is 17.0. The van der Waals surface area contributed by atoms with Gasteiger partial charge in [0.1, 0.15) is 5.70 Å². The minimum atomic E-state index is -0.304. The van der Waals surface area contributed by atoms with E-state index in [1.54, 1.807) is 0 Å². The monoisotopic (exact) mass is 424 g/mol. The molecule has 0 unspecified atom stereocenters. The normalized spacial score (nSPS) is 14.0. The molecular weight excluding hydrogens is 404 g/mol. The van der Waals surface area contributed by atoms with Crippen LogP contribution in [0.2, 0.25) is 0 Å². The number of carbonyl (C=O) groups excluding carboxylic acids is 2. The quantitative estimate of drug-likeness (QED) is 0.424. The van der Waals surface area contributed by atoms with Crippen molar-refractivity contribution in [1.82, 2.24) is 4.90 Å². The minimum absolute atomic E-state index is 0.244. The van der Waals surface area contributed by atoms with Gasteiger partial charge in [0.2, 0.25) is 0 Å². The van der Waals surface area contributed by atoms with Crippen LogP contribution >= 0.6 is 11.3 Å². The van der Waals surface area contributed by atoms with E-state index in [1.807, 2.05) is 91.2 Å². The molecule has 0 radical (unpaired) electrons. The number of fused-ring (bicyclic) bond motifs is 1. The number of hydrogen-bond acceptors (Lipinski definition) is 4. The molecule has 4 nitrogen and oxygen atoms in total. The Balaban J connectivity index is 1.56. The van der Waals surface area contributed by atoms with Gasteiger partial charge in [0.15, 0.2) is 0 Å². The number of benzene rings is 3. The molecule has 0 fully saturated rings. The number of thiophene rings is 1. The second-order valence-corrected chi connectivity index (χ2v) is 8.51. The summed E-state index contributed by atoms with van der Waals surface area (Å²) >= 11 is 1.46. The lowest BCUT2D eigenvalue weighted by Gasteiger charge is -2.16. The van der Waals surface area contributed by atoms with Gasteiger partial charge in [-0.25, -0.2) is 0 Å². The predicted molar refractivity (Wildman–Crippen MR) is 126 cm³/mol. The van der Waals surface area contributed by atoms with Crippen molar-refractivity contribution in [2.75, 3.05) is 5.32 Å². The van der Waals surface area contributed by atoms with Crippen LogP contribution in [-0.4, -0.2) is 16.7 Å². The van der Waals surface area contributed by atoms with E-state index in [2.05, 4.69) is 5.32 Å². The molecule has 152 valence electrons. The van der Waals surface area contributed by atoms with Gasteiger partial charge < -0.3 is 5.32 Å². The molecule has 31 heavy (non-hydrogen) atoms. The Morgan fingerprint density at radius 2 is 1.61 bits per heavy atom. The van der Waals surface area contributed by atoms with E-state index in [-0.39, 0.29) is 18.4 Å². The van der Waals surface area contributed by atoms with E-state index in [0.29, 0.717) is 11.3 Å². The first-order chi connectivity index (χ1) is 15.1. The summed E-state index contributed by atoms with van der Waals surface area (Å²) < 4.78 is 0. The number of nitrogens with zero attached hydrogens (tertiary/aromatic N) is 1. The van der Waals surface area contributed by atoms with Gasteiger partial charge in [-0.2, -0.15) is 0 Å². The Kier molecular flexibility index (Phi) is 4.88. The molecule has 0 saturated carbocycles. The Labute approximate surface area is 184 Å². The summed E-state index contributed by atoms with van der Waals surface area (Å²) in [7, 11) is 0. The average Bonchev–Trinajstić information content (AvgIpc) is 3.39. The summed E-state index contributed by atoms with van der Waals surface area (Å²) in [5, 5.41) is 7.29. The smallest absolute Gasteiger partial charge is 0.278 e. The number of carbonyl (C=O) groups is 2. The molecule has 0 aliphatic carbocycles. The highest BCUT2D eigenvalue weighted by Gasteiger charge is 2.39. The maximum atomic E-state index is 13.4. The van der Waals surface area contributed by atoms with E-state index >= 15 is 0 Å². The third-order valence-corrected chi connectivity index (χ3v) is 6.33. The molecular formula is C26H20N2O2S. The fourth-order valence-electron chi connectivity index (χ4n) is 3.83. The summed E-state index contributed by atoms with van der Waals surface area (Å²) in [6, 6.07) is 25.6. The highest BCUT2D eigenvalue weighted by molar-refractivity contribution is 7.11. The number of amides is 2. The third-order valence-electron chi connectivity index (χ3n) is 5.45. The molecule has 1 N–H and O–H groups in total. The highest BCUT2D eigenvalue weighted by atomic mass is 32.1. The van der Waals surface area contributed by atoms with Crippen molar-refractivity contribution in [2.24, 2.45) is 0 Å². The largest absolute Gasteiger partial charge is 0.350 e. The lowest BCUT2D eigenvalue weighted by Crippen LogP contribution is -2.31. The Morgan fingerprint density at radius 3 is 2.39 bits per heavy atom. The van der Waals surface area contributed by atoms with Gasteiger partial charge in [-0.3, -0.25) is 14.5 Å². The molecule has 0 atom stereocenters. The van der Waals surface area contributed by atoms with Crippen LogP contribution in [0.5, 0.6) is 0 Å². The van der Waals surface area contributed by atoms with Crippen LogP contribution in [0.15, 0.2) is 89.9 Å².